The molecule has 0 spiro atoms. The van der Waals surface area contributed by atoms with E-state index in [1.165, 1.54) is 36.3 Å². The molecule has 0 bridgehead atoms. The number of carbonyl (C=O) groups is 1. The molecule has 3 aromatic rings. The van der Waals surface area contributed by atoms with Crippen LogP contribution in [0.15, 0.2) is 29.3 Å². The van der Waals surface area contributed by atoms with Gasteiger partial charge in [0.2, 0.25) is 0 Å². The van der Waals surface area contributed by atoms with Crippen LogP contribution in [-0.2, 0) is 6.54 Å². The maximum Gasteiger partial charge on any atom is 0.183 e. The predicted molar refractivity (Wildman–Crippen MR) is 105 cm³/mol. The van der Waals surface area contributed by atoms with Gasteiger partial charge in [0.25, 0.3) is 0 Å². The first-order valence-corrected chi connectivity index (χ1v) is 9.28. The van der Waals surface area contributed by atoms with E-state index in [2.05, 4.69) is 9.97 Å². The Morgan fingerprint density at radius 3 is 2.77 bits per heavy atom. The molecule has 0 radical (unpaired) electrons. The molecule has 138 valence electrons. The van der Waals surface area contributed by atoms with E-state index in [-0.39, 0.29) is 29.5 Å². The molecule has 0 atom stereocenters. The molecule has 9 heteroatoms. The number of fused-ring (bicyclic) bond motifs is 1. The maximum absolute atomic E-state index is 14.2. The van der Waals surface area contributed by atoms with Gasteiger partial charge in [-0.1, -0.05) is 11.8 Å². The van der Waals surface area contributed by atoms with E-state index in [1.54, 1.807) is 19.1 Å². The molecule has 0 aliphatic heterocycles. The molecule has 0 aliphatic carbocycles. The van der Waals surface area contributed by atoms with Crippen molar-refractivity contribution in [2.75, 3.05) is 12.9 Å². The fourth-order valence-electron chi connectivity index (χ4n) is 2.32. The first-order valence-electron chi connectivity index (χ1n) is 7.48. The Morgan fingerprint density at radius 2 is 2.12 bits per heavy atom. The molecule has 0 amide bonds. The number of hydrogen-bond acceptors (Lipinski definition) is 7. The molecule has 0 aliphatic rings. The quantitative estimate of drug-likeness (QED) is 0.374. The summed E-state index contributed by atoms with van der Waals surface area (Å²) in [6, 6.07) is 6.60. The number of ether oxygens (including phenoxy) is 1. The van der Waals surface area contributed by atoms with Gasteiger partial charge in [0, 0.05) is 22.9 Å². The lowest BCUT2D eigenvalue weighted by Crippen LogP contribution is -2.02. The summed E-state index contributed by atoms with van der Waals surface area (Å²) in [5.41, 5.74) is 5.80. The Balaban J connectivity index is 0.00000243. The zero-order valence-corrected chi connectivity index (χ0v) is 16.6. The average Bonchev–Trinajstić information content (AvgIpc) is 3.09. The number of halogens is 2. The summed E-state index contributed by atoms with van der Waals surface area (Å²) in [6.45, 7) is 2.11. The number of nitrogens with two attached hydrogens (primary N) is 1. The number of nitrogens with zero attached hydrogens (tertiary/aromatic N) is 2. The van der Waals surface area contributed by atoms with Gasteiger partial charge in [-0.3, -0.25) is 4.79 Å². The van der Waals surface area contributed by atoms with Crippen LogP contribution < -0.4 is 10.5 Å². The molecule has 0 unspecified atom stereocenters. The number of thiophene rings is 1. The van der Waals surface area contributed by atoms with Gasteiger partial charge in [-0.05, 0) is 25.1 Å². The third kappa shape index (κ3) is 4.32. The minimum atomic E-state index is -0.473. The molecule has 0 saturated heterocycles. The van der Waals surface area contributed by atoms with E-state index in [4.69, 9.17) is 10.5 Å². The minimum absolute atomic E-state index is 0. The molecule has 1 aromatic carbocycles. The van der Waals surface area contributed by atoms with Crippen molar-refractivity contribution >= 4 is 52.2 Å². The van der Waals surface area contributed by atoms with Crippen LogP contribution in [0.5, 0.6) is 5.75 Å². The number of aromatic nitrogens is 2. The van der Waals surface area contributed by atoms with Crippen LogP contribution in [0.2, 0.25) is 0 Å². The van der Waals surface area contributed by atoms with Crippen LogP contribution in [0.3, 0.4) is 0 Å². The Morgan fingerprint density at radius 1 is 1.35 bits per heavy atom. The average molecular weight is 414 g/mol. The van der Waals surface area contributed by atoms with Gasteiger partial charge in [0.15, 0.2) is 11.6 Å². The monoisotopic (exact) mass is 413 g/mol. The van der Waals surface area contributed by atoms with Crippen molar-refractivity contribution in [1.82, 2.24) is 9.97 Å². The molecule has 0 saturated carbocycles. The third-order valence-corrected chi connectivity index (χ3v) is 5.66. The summed E-state index contributed by atoms with van der Waals surface area (Å²) in [4.78, 5) is 22.5. The molecule has 5 nitrogen and oxygen atoms in total. The van der Waals surface area contributed by atoms with Gasteiger partial charge < -0.3 is 10.5 Å². The van der Waals surface area contributed by atoms with Gasteiger partial charge in [-0.2, -0.15) is 0 Å². The number of methoxy groups -OCH3 is 1. The SMILES string of the molecule is COc1cc(F)c2nc(C)nc(SCC(=O)c3ccc(CN)s3)c2c1.Cl. The minimum Gasteiger partial charge on any atom is -0.497 e. The first-order chi connectivity index (χ1) is 12.0. The fourth-order valence-corrected chi connectivity index (χ4v) is 4.16. The molecule has 26 heavy (non-hydrogen) atoms. The highest BCUT2D eigenvalue weighted by atomic mass is 35.5. The summed E-state index contributed by atoms with van der Waals surface area (Å²) in [6.07, 6.45) is 0. The second kappa shape index (κ2) is 8.77. The second-order valence-corrected chi connectivity index (χ2v) is 7.40. The summed E-state index contributed by atoms with van der Waals surface area (Å²) in [7, 11) is 1.47. The van der Waals surface area contributed by atoms with Crippen molar-refractivity contribution in [1.29, 1.82) is 0 Å². The van der Waals surface area contributed by atoms with E-state index in [1.807, 2.05) is 6.07 Å². The lowest BCUT2D eigenvalue weighted by Gasteiger charge is -2.09. The van der Waals surface area contributed by atoms with Crippen molar-refractivity contribution in [3.63, 3.8) is 0 Å². The number of carbonyl (C=O) groups excluding carboxylic acids is 1. The van der Waals surface area contributed by atoms with Crippen molar-refractivity contribution in [2.45, 2.75) is 18.5 Å². The van der Waals surface area contributed by atoms with Crippen molar-refractivity contribution < 1.29 is 13.9 Å². The third-order valence-electron chi connectivity index (χ3n) is 3.52. The Labute approximate surface area is 164 Å². The summed E-state index contributed by atoms with van der Waals surface area (Å²) in [5, 5.41) is 1.10. The van der Waals surface area contributed by atoms with Gasteiger partial charge in [0.1, 0.15) is 22.1 Å². The molecule has 3 rings (SSSR count). The van der Waals surface area contributed by atoms with E-state index in [0.717, 1.165) is 4.88 Å². The Hall–Kier alpha value is -1.74. The van der Waals surface area contributed by atoms with Crippen molar-refractivity contribution in [2.24, 2.45) is 5.73 Å². The van der Waals surface area contributed by atoms with Crippen molar-refractivity contribution in [3.05, 3.63) is 45.7 Å². The van der Waals surface area contributed by atoms with E-state index in [0.29, 0.717) is 33.4 Å². The van der Waals surface area contributed by atoms with Crippen LogP contribution in [0.1, 0.15) is 20.4 Å². The lowest BCUT2D eigenvalue weighted by molar-refractivity contribution is 0.102. The summed E-state index contributed by atoms with van der Waals surface area (Å²) < 4.78 is 19.4. The zero-order chi connectivity index (χ0) is 18.0. The van der Waals surface area contributed by atoms with E-state index < -0.39 is 5.82 Å². The molecule has 0 fully saturated rings. The number of thioether (sulfide) groups is 1. The highest BCUT2D eigenvalue weighted by Gasteiger charge is 2.15. The number of benzene rings is 1. The normalized spacial score (nSPS) is 10.6. The molecule has 2 N–H and O–H groups in total. The van der Waals surface area contributed by atoms with E-state index in [9.17, 15) is 9.18 Å². The zero-order valence-electron chi connectivity index (χ0n) is 14.1. The summed E-state index contributed by atoms with van der Waals surface area (Å²) in [5.74, 6) is 0.556. The molecular weight excluding hydrogens is 397 g/mol. The Kier molecular flexibility index (Phi) is 6.94. The molecular formula is C17H17ClFN3O2S2. The van der Waals surface area contributed by atoms with E-state index >= 15 is 0 Å². The largest absolute Gasteiger partial charge is 0.497 e. The summed E-state index contributed by atoms with van der Waals surface area (Å²) >= 11 is 2.66. The van der Waals surface area contributed by atoms with Crippen LogP contribution in [0.4, 0.5) is 4.39 Å². The fraction of sp³-hybridized carbons (Fsp3) is 0.235. The standard InChI is InChI=1S/C17H16FN3O2S2.ClH/c1-9-20-16-12(5-10(23-2)6-13(16)18)17(21-9)24-8-14(22)15-4-3-11(7-19)25-15;/h3-6H,7-8,19H2,1-2H3;1H. The Bertz CT molecular complexity index is 949. The van der Waals surface area contributed by atoms with Crippen LogP contribution in [-0.4, -0.2) is 28.6 Å². The molecule has 2 heterocycles. The van der Waals surface area contributed by atoms with Crippen molar-refractivity contribution in [3.8, 4) is 5.75 Å². The number of Topliss-reactive ketones (excluding diaryl/α,β-unsaturated/α-hetero) is 1. The van der Waals surface area contributed by atoms with Crippen LogP contribution in [0, 0.1) is 12.7 Å². The van der Waals surface area contributed by atoms with Gasteiger partial charge in [-0.25, -0.2) is 14.4 Å². The highest BCUT2D eigenvalue weighted by molar-refractivity contribution is 8.00. The second-order valence-electron chi connectivity index (χ2n) is 5.26. The molecule has 2 aromatic heterocycles. The maximum atomic E-state index is 14.2. The van der Waals surface area contributed by atoms with Gasteiger partial charge in [-0.15, -0.1) is 23.7 Å². The number of rotatable bonds is 6. The predicted octanol–water partition coefficient (Wildman–Crippen LogP) is 4.00. The topological polar surface area (TPSA) is 78.1 Å². The van der Waals surface area contributed by atoms with Crippen LogP contribution in [0.25, 0.3) is 10.9 Å². The van der Waals surface area contributed by atoms with Crippen LogP contribution >= 0.6 is 35.5 Å². The van der Waals surface area contributed by atoms with Gasteiger partial charge >= 0.3 is 0 Å². The van der Waals surface area contributed by atoms with Gasteiger partial charge in [0.05, 0.1) is 17.7 Å². The number of aryl methyl sites for hydroxylation is 1. The number of ketones is 1. The number of hydrogen-bond donors (Lipinski definition) is 1. The highest BCUT2D eigenvalue weighted by Crippen LogP contribution is 2.31. The smallest absolute Gasteiger partial charge is 0.183 e. The lowest BCUT2D eigenvalue weighted by atomic mass is 10.2. The first kappa shape index (κ1) is 20.6.